The lowest BCUT2D eigenvalue weighted by Gasteiger charge is -2.07. The minimum Gasteiger partial charge on any atom is -0.489 e. The third kappa shape index (κ3) is 7.11. The Bertz CT molecular complexity index is 1000. The highest BCUT2D eigenvalue weighted by Crippen LogP contribution is 2.16. The van der Waals surface area contributed by atoms with Gasteiger partial charge in [-0.25, -0.2) is 4.79 Å². The summed E-state index contributed by atoms with van der Waals surface area (Å²) in [7, 11) is 0. The highest BCUT2D eigenvalue weighted by Gasteiger charge is 2.05. The molecule has 30 heavy (non-hydrogen) atoms. The van der Waals surface area contributed by atoms with Crippen LogP contribution in [0, 0.1) is 0 Å². The summed E-state index contributed by atoms with van der Waals surface area (Å²) in [5, 5.41) is 3.33. The molecule has 6 heteroatoms. The lowest BCUT2D eigenvalue weighted by atomic mass is 10.2. The van der Waals surface area contributed by atoms with Crippen molar-refractivity contribution in [3.63, 3.8) is 0 Å². The van der Waals surface area contributed by atoms with E-state index in [2.05, 4.69) is 5.32 Å². The zero-order valence-electron chi connectivity index (χ0n) is 16.1. The first-order valence-electron chi connectivity index (χ1n) is 9.25. The molecule has 0 bridgehead atoms. The molecule has 0 spiro atoms. The number of halogens is 1. The summed E-state index contributed by atoms with van der Waals surface area (Å²) in [4.78, 5) is 23.6. The van der Waals surface area contributed by atoms with Gasteiger partial charge < -0.3 is 14.8 Å². The minimum atomic E-state index is -0.596. The van der Waals surface area contributed by atoms with Gasteiger partial charge in [-0.2, -0.15) is 0 Å². The number of esters is 1. The molecule has 0 fully saturated rings. The summed E-state index contributed by atoms with van der Waals surface area (Å²) in [6, 6.07) is 23.7. The van der Waals surface area contributed by atoms with Crippen LogP contribution in [0.2, 0.25) is 5.02 Å². The summed E-state index contributed by atoms with van der Waals surface area (Å²) in [5.74, 6) is -0.284. The van der Waals surface area contributed by atoms with Crippen LogP contribution in [0.1, 0.15) is 11.1 Å². The fraction of sp³-hybridized carbons (Fsp3) is 0.0833. The van der Waals surface area contributed by atoms with Crippen molar-refractivity contribution >= 4 is 35.2 Å². The van der Waals surface area contributed by atoms with Gasteiger partial charge in [-0.1, -0.05) is 54.1 Å². The van der Waals surface area contributed by atoms with Crippen molar-refractivity contribution in [2.24, 2.45) is 0 Å². The Labute approximate surface area is 179 Å². The minimum absolute atomic E-state index is 0.352. The molecule has 0 saturated heterocycles. The number of amides is 1. The number of anilines is 1. The first-order chi connectivity index (χ1) is 14.6. The van der Waals surface area contributed by atoms with Gasteiger partial charge in [0.2, 0.25) is 0 Å². The van der Waals surface area contributed by atoms with E-state index in [4.69, 9.17) is 21.1 Å². The molecule has 0 radical (unpaired) electrons. The average Bonchev–Trinajstić information content (AvgIpc) is 2.77. The molecule has 5 nitrogen and oxygen atoms in total. The summed E-state index contributed by atoms with van der Waals surface area (Å²) in [6.07, 6.45) is 2.89. The fourth-order valence-electron chi connectivity index (χ4n) is 2.49. The van der Waals surface area contributed by atoms with Gasteiger partial charge in [-0.05, 0) is 53.6 Å². The molecule has 1 N–H and O–H groups in total. The second kappa shape index (κ2) is 10.8. The molecule has 0 aromatic heterocycles. The molecule has 0 unspecified atom stereocenters. The third-order valence-electron chi connectivity index (χ3n) is 4.01. The van der Waals surface area contributed by atoms with Gasteiger partial charge in [0, 0.05) is 16.8 Å². The quantitative estimate of drug-likeness (QED) is 0.405. The van der Waals surface area contributed by atoms with Gasteiger partial charge in [0.15, 0.2) is 6.61 Å². The number of nitrogens with one attached hydrogen (secondary N) is 1. The first kappa shape index (κ1) is 21.1. The Morgan fingerprint density at radius 2 is 1.60 bits per heavy atom. The highest BCUT2D eigenvalue weighted by molar-refractivity contribution is 6.30. The Morgan fingerprint density at radius 1 is 0.900 bits per heavy atom. The molecule has 0 aliphatic rings. The van der Waals surface area contributed by atoms with E-state index in [-0.39, 0.29) is 6.61 Å². The van der Waals surface area contributed by atoms with Crippen molar-refractivity contribution in [2.45, 2.75) is 6.61 Å². The first-order valence-corrected chi connectivity index (χ1v) is 9.63. The Morgan fingerprint density at radius 3 is 2.30 bits per heavy atom. The summed E-state index contributed by atoms with van der Waals surface area (Å²) in [6.45, 7) is 0.0826. The van der Waals surface area contributed by atoms with E-state index in [9.17, 15) is 9.59 Å². The molecule has 0 heterocycles. The maximum absolute atomic E-state index is 11.8. The Kier molecular flexibility index (Phi) is 7.64. The summed E-state index contributed by atoms with van der Waals surface area (Å²) in [5.41, 5.74) is 2.47. The molecular formula is C24H20ClNO4. The van der Waals surface area contributed by atoms with Crippen LogP contribution in [-0.2, 0) is 20.9 Å². The van der Waals surface area contributed by atoms with Crippen LogP contribution in [0.25, 0.3) is 6.08 Å². The number of hydrogen-bond acceptors (Lipinski definition) is 4. The number of rotatable bonds is 8. The van der Waals surface area contributed by atoms with Crippen LogP contribution in [0.3, 0.4) is 0 Å². The van der Waals surface area contributed by atoms with Crippen molar-refractivity contribution in [3.8, 4) is 5.75 Å². The standard InChI is InChI=1S/C24H20ClNO4/c25-20-11-6-19(7-12-20)16-29-22-13-8-18(9-14-22)10-15-24(28)30-17-23(27)26-21-4-2-1-3-5-21/h1-15H,16-17H2,(H,26,27)/b15-10+. The van der Waals surface area contributed by atoms with Crippen molar-refractivity contribution in [3.05, 3.63) is 101 Å². The molecule has 0 aliphatic heterocycles. The summed E-state index contributed by atoms with van der Waals surface area (Å²) >= 11 is 5.87. The van der Waals surface area contributed by atoms with E-state index >= 15 is 0 Å². The van der Waals surface area contributed by atoms with Gasteiger partial charge in [-0.3, -0.25) is 4.79 Å². The predicted octanol–water partition coefficient (Wildman–Crippen LogP) is 5.11. The second-order valence-electron chi connectivity index (χ2n) is 6.34. The van der Waals surface area contributed by atoms with E-state index in [0.717, 1.165) is 11.1 Å². The second-order valence-corrected chi connectivity index (χ2v) is 6.78. The van der Waals surface area contributed by atoms with Crippen LogP contribution in [0.4, 0.5) is 5.69 Å². The van der Waals surface area contributed by atoms with Crippen LogP contribution in [-0.4, -0.2) is 18.5 Å². The molecule has 3 aromatic carbocycles. The largest absolute Gasteiger partial charge is 0.489 e. The third-order valence-corrected chi connectivity index (χ3v) is 4.27. The van der Waals surface area contributed by atoms with Crippen molar-refractivity contribution in [1.82, 2.24) is 0 Å². The maximum atomic E-state index is 11.8. The van der Waals surface area contributed by atoms with Crippen molar-refractivity contribution < 1.29 is 19.1 Å². The van der Waals surface area contributed by atoms with Crippen molar-refractivity contribution in [1.29, 1.82) is 0 Å². The molecule has 1 amide bonds. The Hall–Kier alpha value is -3.57. The number of benzene rings is 3. The molecule has 0 aliphatic carbocycles. The topological polar surface area (TPSA) is 64.6 Å². The highest BCUT2D eigenvalue weighted by atomic mass is 35.5. The lowest BCUT2D eigenvalue weighted by molar-refractivity contribution is -0.142. The van der Waals surface area contributed by atoms with E-state index < -0.39 is 11.9 Å². The van der Waals surface area contributed by atoms with E-state index in [1.165, 1.54) is 6.08 Å². The lowest BCUT2D eigenvalue weighted by Crippen LogP contribution is -2.20. The smallest absolute Gasteiger partial charge is 0.331 e. The zero-order valence-corrected chi connectivity index (χ0v) is 16.8. The normalized spacial score (nSPS) is 10.6. The maximum Gasteiger partial charge on any atom is 0.331 e. The van der Waals surface area contributed by atoms with Gasteiger partial charge in [0.1, 0.15) is 12.4 Å². The zero-order chi connectivity index (χ0) is 21.2. The fourth-order valence-corrected chi connectivity index (χ4v) is 2.62. The van der Waals surface area contributed by atoms with Crippen LogP contribution in [0.5, 0.6) is 5.75 Å². The molecular weight excluding hydrogens is 402 g/mol. The van der Waals surface area contributed by atoms with Crippen LogP contribution < -0.4 is 10.1 Å². The SMILES string of the molecule is O=C(COC(=O)/C=C/c1ccc(OCc2ccc(Cl)cc2)cc1)Nc1ccccc1. The number of carbonyl (C=O) groups is 2. The molecule has 3 aromatic rings. The number of hydrogen-bond donors (Lipinski definition) is 1. The summed E-state index contributed by atoms with van der Waals surface area (Å²) < 4.78 is 10.7. The number of carbonyl (C=O) groups excluding carboxylic acids is 2. The average molecular weight is 422 g/mol. The number of ether oxygens (including phenoxy) is 2. The van der Waals surface area contributed by atoms with Gasteiger partial charge in [0.05, 0.1) is 0 Å². The van der Waals surface area contributed by atoms with Crippen LogP contribution in [0.15, 0.2) is 84.9 Å². The molecule has 3 rings (SSSR count). The van der Waals surface area contributed by atoms with E-state index in [0.29, 0.717) is 23.1 Å². The van der Waals surface area contributed by atoms with Crippen LogP contribution >= 0.6 is 11.6 Å². The monoisotopic (exact) mass is 421 g/mol. The van der Waals surface area contributed by atoms with Gasteiger partial charge >= 0.3 is 5.97 Å². The van der Waals surface area contributed by atoms with Crippen molar-refractivity contribution in [2.75, 3.05) is 11.9 Å². The van der Waals surface area contributed by atoms with E-state index in [1.54, 1.807) is 30.3 Å². The molecule has 0 atom stereocenters. The van der Waals surface area contributed by atoms with E-state index in [1.807, 2.05) is 54.6 Å². The Balaban J connectivity index is 1.42. The van der Waals surface area contributed by atoms with Gasteiger partial charge in [-0.15, -0.1) is 0 Å². The molecule has 152 valence electrons. The molecule has 0 saturated carbocycles. The number of para-hydroxylation sites is 1. The predicted molar refractivity (Wildman–Crippen MR) is 117 cm³/mol. The van der Waals surface area contributed by atoms with Gasteiger partial charge in [0.25, 0.3) is 5.91 Å².